The molecule has 0 aromatic carbocycles. The van der Waals surface area contributed by atoms with Crippen molar-refractivity contribution in [2.45, 2.75) is 40.0 Å². The van der Waals surface area contributed by atoms with Crippen molar-refractivity contribution < 1.29 is 4.74 Å². The van der Waals surface area contributed by atoms with Crippen molar-refractivity contribution in [3.63, 3.8) is 0 Å². The molecule has 0 radical (unpaired) electrons. The lowest BCUT2D eigenvalue weighted by Gasteiger charge is -2.35. The lowest BCUT2D eigenvalue weighted by atomic mass is 9.76. The van der Waals surface area contributed by atoms with Crippen LogP contribution < -0.4 is 5.32 Å². The van der Waals surface area contributed by atoms with Gasteiger partial charge in [-0.1, -0.05) is 20.8 Å². The molecule has 15 heavy (non-hydrogen) atoms. The molecule has 1 aliphatic rings. The molecule has 0 aromatic heterocycles. The molecule has 1 rings (SSSR count). The topological polar surface area (TPSA) is 21.3 Å². The first kappa shape index (κ1) is 13.0. The Labute approximate surface area is 94.8 Å². The predicted molar refractivity (Wildman–Crippen MR) is 65.0 cm³/mol. The highest BCUT2D eigenvalue weighted by Gasteiger charge is 2.44. The van der Waals surface area contributed by atoms with Crippen molar-refractivity contribution in [3.05, 3.63) is 0 Å². The molecule has 0 aliphatic heterocycles. The zero-order valence-electron chi connectivity index (χ0n) is 10.8. The zero-order chi connectivity index (χ0) is 11.3. The molecule has 1 atom stereocenters. The summed E-state index contributed by atoms with van der Waals surface area (Å²) >= 11 is 0. The molecule has 1 aliphatic carbocycles. The SMILES string of the molecule is CCNCC(COC)(CC(C)C)C1CC1. The minimum atomic E-state index is 0.402. The van der Waals surface area contributed by atoms with Gasteiger partial charge in [0, 0.05) is 19.1 Å². The smallest absolute Gasteiger partial charge is 0.0533 e. The third-order valence-electron chi connectivity index (χ3n) is 3.42. The molecule has 2 nitrogen and oxygen atoms in total. The second kappa shape index (κ2) is 5.86. The molecule has 1 saturated carbocycles. The van der Waals surface area contributed by atoms with E-state index >= 15 is 0 Å². The summed E-state index contributed by atoms with van der Waals surface area (Å²) in [4.78, 5) is 0. The van der Waals surface area contributed by atoms with E-state index in [1.54, 1.807) is 0 Å². The summed E-state index contributed by atoms with van der Waals surface area (Å²) in [5, 5.41) is 3.52. The van der Waals surface area contributed by atoms with Crippen molar-refractivity contribution in [1.29, 1.82) is 0 Å². The fraction of sp³-hybridized carbons (Fsp3) is 1.00. The summed E-state index contributed by atoms with van der Waals surface area (Å²) in [6.07, 6.45) is 4.10. The van der Waals surface area contributed by atoms with Crippen LogP contribution in [-0.4, -0.2) is 26.8 Å². The summed E-state index contributed by atoms with van der Waals surface area (Å²) < 4.78 is 5.47. The predicted octanol–water partition coefficient (Wildman–Crippen LogP) is 2.68. The molecule has 0 heterocycles. The van der Waals surface area contributed by atoms with E-state index in [-0.39, 0.29) is 0 Å². The highest BCUT2D eigenvalue weighted by atomic mass is 16.5. The summed E-state index contributed by atoms with van der Waals surface area (Å²) in [5.74, 6) is 1.67. The number of rotatable bonds is 8. The van der Waals surface area contributed by atoms with E-state index in [1.165, 1.54) is 19.3 Å². The van der Waals surface area contributed by atoms with Crippen LogP contribution in [0.25, 0.3) is 0 Å². The third kappa shape index (κ3) is 3.76. The average molecular weight is 213 g/mol. The lowest BCUT2D eigenvalue weighted by molar-refractivity contribution is 0.0444. The van der Waals surface area contributed by atoms with Crippen LogP contribution in [0, 0.1) is 17.3 Å². The van der Waals surface area contributed by atoms with Gasteiger partial charge in [-0.15, -0.1) is 0 Å². The maximum atomic E-state index is 5.47. The van der Waals surface area contributed by atoms with Gasteiger partial charge in [-0.2, -0.15) is 0 Å². The lowest BCUT2D eigenvalue weighted by Crippen LogP contribution is -2.41. The number of hydrogen-bond acceptors (Lipinski definition) is 2. The van der Waals surface area contributed by atoms with E-state index in [0.717, 1.165) is 31.5 Å². The Hall–Kier alpha value is -0.0800. The largest absolute Gasteiger partial charge is 0.384 e. The van der Waals surface area contributed by atoms with Crippen LogP contribution >= 0.6 is 0 Å². The molecular formula is C13H27NO. The fourth-order valence-corrected chi connectivity index (χ4v) is 2.78. The Bertz CT molecular complexity index is 177. The van der Waals surface area contributed by atoms with Crippen LogP contribution in [0.2, 0.25) is 0 Å². The fourth-order valence-electron chi connectivity index (χ4n) is 2.78. The number of ether oxygens (including phenoxy) is 1. The normalized spacial score (nSPS) is 20.6. The Kier molecular flexibility index (Phi) is 5.07. The second-order valence-corrected chi connectivity index (χ2v) is 5.45. The van der Waals surface area contributed by atoms with Gasteiger partial charge < -0.3 is 10.1 Å². The van der Waals surface area contributed by atoms with Crippen LogP contribution in [0.15, 0.2) is 0 Å². The molecule has 0 aromatic rings. The molecule has 0 bridgehead atoms. The Balaban J connectivity index is 2.59. The molecule has 1 N–H and O–H groups in total. The minimum absolute atomic E-state index is 0.402. The first-order valence-electron chi connectivity index (χ1n) is 6.34. The second-order valence-electron chi connectivity index (χ2n) is 5.45. The van der Waals surface area contributed by atoms with Crippen molar-refractivity contribution in [1.82, 2.24) is 5.32 Å². The quantitative estimate of drug-likeness (QED) is 0.669. The maximum Gasteiger partial charge on any atom is 0.0533 e. The third-order valence-corrected chi connectivity index (χ3v) is 3.42. The first-order chi connectivity index (χ1) is 7.14. The van der Waals surface area contributed by atoms with Crippen molar-refractivity contribution >= 4 is 0 Å². The minimum Gasteiger partial charge on any atom is -0.384 e. The van der Waals surface area contributed by atoms with Crippen LogP contribution in [0.3, 0.4) is 0 Å². The van der Waals surface area contributed by atoms with Crippen LogP contribution in [0.1, 0.15) is 40.0 Å². The zero-order valence-corrected chi connectivity index (χ0v) is 10.8. The van der Waals surface area contributed by atoms with Gasteiger partial charge in [-0.25, -0.2) is 0 Å². The summed E-state index contributed by atoms with van der Waals surface area (Å²) in [6, 6.07) is 0. The molecule has 1 unspecified atom stereocenters. The summed E-state index contributed by atoms with van der Waals surface area (Å²) in [7, 11) is 1.84. The Morgan fingerprint density at radius 3 is 2.47 bits per heavy atom. The molecule has 0 saturated heterocycles. The first-order valence-corrected chi connectivity index (χ1v) is 6.34. The van der Waals surface area contributed by atoms with Gasteiger partial charge in [0.15, 0.2) is 0 Å². The summed E-state index contributed by atoms with van der Waals surface area (Å²) in [5.41, 5.74) is 0.402. The number of methoxy groups -OCH3 is 1. The Morgan fingerprint density at radius 2 is 2.07 bits per heavy atom. The Morgan fingerprint density at radius 1 is 1.40 bits per heavy atom. The van der Waals surface area contributed by atoms with Gasteiger partial charge in [0.2, 0.25) is 0 Å². The van der Waals surface area contributed by atoms with E-state index in [1.807, 2.05) is 7.11 Å². The van der Waals surface area contributed by atoms with Crippen LogP contribution in [0.5, 0.6) is 0 Å². The van der Waals surface area contributed by atoms with Crippen LogP contribution in [0.4, 0.5) is 0 Å². The molecule has 90 valence electrons. The van der Waals surface area contributed by atoms with Crippen molar-refractivity contribution in [3.8, 4) is 0 Å². The maximum absolute atomic E-state index is 5.47. The number of nitrogens with one attached hydrogen (secondary N) is 1. The van der Waals surface area contributed by atoms with Gasteiger partial charge in [0.05, 0.1) is 6.61 Å². The van der Waals surface area contributed by atoms with Crippen molar-refractivity contribution in [2.24, 2.45) is 17.3 Å². The average Bonchev–Trinajstić information content (AvgIpc) is 2.97. The van der Waals surface area contributed by atoms with E-state index < -0.39 is 0 Å². The highest BCUT2D eigenvalue weighted by molar-refractivity contribution is 4.96. The monoisotopic (exact) mass is 213 g/mol. The molecule has 0 spiro atoms. The molecular weight excluding hydrogens is 186 g/mol. The van der Waals surface area contributed by atoms with Gasteiger partial charge >= 0.3 is 0 Å². The van der Waals surface area contributed by atoms with Crippen molar-refractivity contribution in [2.75, 3.05) is 26.8 Å². The number of hydrogen-bond donors (Lipinski definition) is 1. The van der Waals surface area contributed by atoms with E-state index in [9.17, 15) is 0 Å². The van der Waals surface area contributed by atoms with E-state index in [4.69, 9.17) is 4.74 Å². The standard InChI is InChI=1S/C13H27NO/c1-5-14-9-13(10-15-4,8-11(2)3)12-6-7-12/h11-12,14H,5-10H2,1-4H3. The molecule has 2 heteroatoms. The van der Waals surface area contributed by atoms with Gasteiger partial charge in [0.1, 0.15) is 0 Å². The molecule has 1 fully saturated rings. The van der Waals surface area contributed by atoms with Gasteiger partial charge in [0.25, 0.3) is 0 Å². The highest BCUT2D eigenvalue weighted by Crippen LogP contribution is 2.49. The van der Waals surface area contributed by atoms with Gasteiger partial charge in [-0.05, 0) is 37.6 Å². The van der Waals surface area contributed by atoms with Gasteiger partial charge in [-0.3, -0.25) is 0 Å². The van der Waals surface area contributed by atoms with Crippen LogP contribution in [-0.2, 0) is 4.74 Å². The van der Waals surface area contributed by atoms with E-state index in [2.05, 4.69) is 26.1 Å². The molecule has 0 amide bonds. The summed E-state index contributed by atoms with van der Waals surface area (Å²) in [6.45, 7) is 9.93. The van der Waals surface area contributed by atoms with E-state index in [0.29, 0.717) is 5.41 Å².